The van der Waals surface area contributed by atoms with Gasteiger partial charge >= 0.3 is 0 Å². The first kappa shape index (κ1) is 12.1. The van der Waals surface area contributed by atoms with Crippen LogP contribution < -0.4 is 5.32 Å². The van der Waals surface area contributed by atoms with Gasteiger partial charge in [0.1, 0.15) is 5.65 Å². The number of nitrogens with zero attached hydrogens (tertiary/aromatic N) is 2. The molecule has 0 aliphatic rings. The van der Waals surface area contributed by atoms with E-state index in [1.54, 1.807) is 0 Å². The smallest absolute Gasteiger partial charge is 0.137 e. The maximum atomic E-state index is 4.28. The van der Waals surface area contributed by atoms with E-state index in [-0.39, 0.29) is 0 Å². The summed E-state index contributed by atoms with van der Waals surface area (Å²) in [5, 5.41) is 4.68. The molecule has 0 aliphatic heterocycles. The topological polar surface area (TPSA) is 44.0 Å². The number of nitrogens with one attached hydrogen (secondary N) is 2. The number of aromatic nitrogens is 2. The summed E-state index contributed by atoms with van der Waals surface area (Å²) in [6.45, 7) is 3.08. The number of hydrogen-bond acceptors (Lipinski definition) is 3. The van der Waals surface area contributed by atoms with E-state index in [1.165, 1.54) is 17.4 Å². The molecule has 0 fully saturated rings. The van der Waals surface area contributed by atoms with Crippen LogP contribution in [0.4, 0.5) is 0 Å². The summed E-state index contributed by atoms with van der Waals surface area (Å²) < 4.78 is 0. The molecule has 0 amide bonds. The van der Waals surface area contributed by atoms with Crippen LogP contribution in [-0.4, -0.2) is 42.1 Å². The third-order valence-electron chi connectivity index (χ3n) is 2.81. The van der Waals surface area contributed by atoms with E-state index in [0.29, 0.717) is 0 Å². The van der Waals surface area contributed by atoms with Crippen molar-refractivity contribution in [3.63, 3.8) is 0 Å². The molecule has 2 N–H and O–H groups in total. The number of H-pyrrole nitrogens is 1. The lowest BCUT2D eigenvalue weighted by Crippen LogP contribution is -2.20. The molecule has 0 radical (unpaired) electrons. The highest BCUT2D eigenvalue weighted by Crippen LogP contribution is 2.14. The molecule has 17 heavy (non-hydrogen) atoms. The van der Waals surface area contributed by atoms with Crippen LogP contribution in [0.1, 0.15) is 12.0 Å². The number of hydrogen-bond donors (Lipinski definition) is 2. The predicted molar refractivity (Wildman–Crippen MR) is 71.0 cm³/mol. The normalized spacial score (nSPS) is 11.5. The van der Waals surface area contributed by atoms with Crippen LogP contribution in [0.15, 0.2) is 24.5 Å². The van der Waals surface area contributed by atoms with Gasteiger partial charge in [0.05, 0.1) is 0 Å². The van der Waals surface area contributed by atoms with Gasteiger partial charge in [0.25, 0.3) is 0 Å². The molecule has 2 heterocycles. The summed E-state index contributed by atoms with van der Waals surface area (Å²) in [7, 11) is 4.21. The first-order valence-electron chi connectivity index (χ1n) is 6.04. The third-order valence-corrected chi connectivity index (χ3v) is 2.81. The number of pyridine rings is 1. The van der Waals surface area contributed by atoms with Crippen molar-refractivity contribution in [2.45, 2.75) is 13.0 Å². The maximum Gasteiger partial charge on any atom is 0.137 e. The van der Waals surface area contributed by atoms with Crippen molar-refractivity contribution in [3.8, 4) is 0 Å². The van der Waals surface area contributed by atoms with Gasteiger partial charge in [0.2, 0.25) is 0 Å². The van der Waals surface area contributed by atoms with Gasteiger partial charge in [-0.3, -0.25) is 0 Å². The Balaban J connectivity index is 1.83. The quantitative estimate of drug-likeness (QED) is 0.744. The van der Waals surface area contributed by atoms with Gasteiger partial charge in [-0.05, 0) is 51.3 Å². The minimum absolute atomic E-state index is 0.902. The number of fused-ring (bicyclic) bond motifs is 1. The second kappa shape index (κ2) is 5.80. The molecule has 4 nitrogen and oxygen atoms in total. The monoisotopic (exact) mass is 232 g/mol. The van der Waals surface area contributed by atoms with Gasteiger partial charge in [-0.25, -0.2) is 4.98 Å². The molecular weight excluding hydrogens is 212 g/mol. The molecule has 0 atom stereocenters. The lowest BCUT2D eigenvalue weighted by molar-refractivity contribution is 0.394. The minimum atomic E-state index is 0.902. The molecule has 0 unspecified atom stereocenters. The molecule has 0 bridgehead atoms. The van der Waals surface area contributed by atoms with Crippen molar-refractivity contribution in [3.05, 3.63) is 30.1 Å². The van der Waals surface area contributed by atoms with E-state index in [9.17, 15) is 0 Å². The summed E-state index contributed by atoms with van der Waals surface area (Å²) in [5.41, 5.74) is 2.26. The highest BCUT2D eigenvalue weighted by Gasteiger charge is 2.02. The van der Waals surface area contributed by atoms with Crippen LogP contribution in [0.25, 0.3) is 11.0 Å². The molecule has 2 aromatic rings. The molecule has 0 saturated carbocycles. The zero-order valence-electron chi connectivity index (χ0n) is 10.5. The fourth-order valence-corrected chi connectivity index (χ4v) is 1.90. The average molecular weight is 232 g/mol. The lowest BCUT2D eigenvalue weighted by Gasteiger charge is -2.09. The Labute approximate surface area is 102 Å². The molecular formula is C13H20N4. The average Bonchev–Trinajstić information content (AvgIpc) is 2.72. The SMILES string of the molecule is CN(C)CCCNCc1c[nH]c2ncccc12. The van der Waals surface area contributed by atoms with Gasteiger partial charge in [-0.2, -0.15) is 0 Å². The molecule has 92 valence electrons. The van der Waals surface area contributed by atoms with E-state index in [0.717, 1.165) is 25.3 Å². The van der Waals surface area contributed by atoms with E-state index in [2.05, 4.69) is 40.3 Å². The summed E-state index contributed by atoms with van der Waals surface area (Å²) in [4.78, 5) is 9.67. The Bertz CT molecular complexity index is 461. The Morgan fingerprint density at radius 1 is 1.41 bits per heavy atom. The molecule has 2 aromatic heterocycles. The second-order valence-corrected chi connectivity index (χ2v) is 4.55. The van der Waals surface area contributed by atoms with E-state index in [4.69, 9.17) is 0 Å². The molecule has 4 heteroatoms. The second-order valence-electron chi connectivity index (χ2n) is 4.55. The molecule has 2 rings (SSSR count). The van der Waals surface area contributed by atoms with Crippen LogP contribution in [0.5, 0.6) is 0 Å². The highest BCUT2D eigenvalue weighted by molar-refractivity contribution is 5.79. The van der Waals surface area contributed by atoms with E-state index < -0.39 is 0 Å². The van der Waals surface area contributed by atoms with Gasteiger partial charge < -0.3 is 15.2 Å². The molecule has 0 saturated heterocycles. The van der Waals surface area contributed by atoms with Crippen molar-refractivity contribution in [2.24, 2.45) is 0 Å². The first-order valence-corrected chi connectivity index (χ1v) is 6.04. The zero-order chi connectivity index (χ0) is 12.1. The Morgan fingerprint density at radius 3 is 3.12 bits per heavy atom. The van der Waals surface area contributed by atoms with Gasteiger partial charge in [-0.15, -0.1) is 0 Å². The first-order chi connectivity index (χ1) is 8.27. The molecule has 0 aromatic carbocycles. The summed E-state index contributed by atoms with van der Waals surface area (Å²) >= 11 is 0. The summed E-state index contributed by atoms with van der Waals surface area (Å²) in [6, 6.07) is 4.08. The summed E-state index contributed by atoms with van der Waals surface area (Å²) in [6.07, 6.45) is 5.03. The van der Waals surface area contributed by atoms with Crippen molar-refractivity contribution in [2.75, 3.05) is 27.2 Å². The Hall–Kier alpha value is -1.39. The standard InChI is InChI=1S/C13H20N4/c1-17(2)8-4-6-14-9-11-10-16-13-12(11)5-3-7-15-13/h3,5,7,10,14H,4,6,8-9H2,1-2H3,(H,15,16). The van der Waals surface area contributed by atoms with Crippen molar-refractivity contribution in [1.29, 1.82) is 0 Å². The number of aromatic amines is 1. The maximum absolute atomic E-state index is 4.28. The third kappa shape index (κ3) is 3.28. The van der Waals surface area contributed by atoms with Crippen LogP contribution in [-0.2, 0) is 6.54 Å². The van der Waals surface area contributed by atoms with Crippen molar-refractivity contribution >= 4 is 11.0 Å². The Kier molecular flexibility index (Phi) is 4.12. The van der Waals surface area contributed by atoms with Gasteiger partial charge in [-0.1, -0.05) is 0 Å². The molecule has 0 aliphatic carbocycles. The van der Waals surface area contributed by atoms with Crippen LogP contribution in [0.3, 0.4) is 0 Å². The van der Waals surface area contributed by atoms with E-state index >= 15 is 0 Å². The van der Waals surface area contributed by atoms with Crippen LogP contribution in [0.2, 0.25) is 0 Å². The van der Waals surface area contributed by atoms with Crippen molar-refractivity contribution in [1.82, 2.24) is 20.2 Å². The Morgan fingerprint density at radius 2 is 2.29 bits per heavy atom. The highest BCUT2D eigenvalue weighted by atomic mass is 15.1. The van der Waals surface area contributed by atoms with Crippen molar-refractivity contribution < 1.29 is 0 Å². The molecule has 0 spiro atoms. The minimum Gasteiger partial charge on any atom is -0.346 e. The fraction of sp³-hybridized carbons (Fsp3) is 0.462. The fourth-order valence-electron chi connectivity index (χ4n) is 1.90. The predicted octanol–water partition coefficient (Wildman–Crippen LogP) is 1.60. The van der Waals surface area contributed by atoms with E-state index in [1.807, 2.05) is 18.5 Å². The van der Waals surface area contributed by atoms with Crippen LogP contribution in [0, 0.1) is 0 Å². The number of rotatable bonds is 6. The zero-order valence-corrected chi connectivity index (χ0v) is 10.5. The van der Waals surface area contributed by atoms with Crippen LogP contribution >= 0.6 is 0 Å². The van der Waals surface area contributed by atoms with Gasteiger partial charge in [0.15, 0.2) is 0 Å². The lowest BCUT2D eigenvalue weighted by atomic mass is 10.2. The summed E-state index contributed by atoms with van der Waals surface area (Å²) in [5.74, 6) is 0. The van der Waals surface area contributed by atoms with Gasteiger partial charge in [0, 0.05) is 24.3 Å². The largest absolute Gasteiger partial charge is 0.346 e.